The van der Waals surface area contributed by atoms with Gasteiger partial charge in [0.1, 0.15) is 11.6 Å². The summed E-state index contributed by atoms with van der Waals surface area (Å²) >= 11 is 5.96. The molecule has 0 aliphatic carbocycles. The molecule has 1 saturated heterocycles. The summed E-state index contributed by atoms with van der Waals surface area (Å²) in [5.41, 5.74) is 1.70. The summed E-state index contributed by atoms with van der Waals surface area (Å²) in [5, 5.41) is 0.101. The first-order valence-corrected chi connectivity index (χ1v) is 9.24. The van der Waals surface area contributed by atoms with Crippen molar-refractivity contribution in [2.75, 3.05) is 20.1 Å². The molecule has 27 heavy (non-hydrogen) atoms. The van der Waals surface area contributed by atoms with Crippen molar-refractivity contribution in [3.05, 3.63) is 69.7 Å². The third kappa shape index (κ3) is 5.74. The predicted molar refractivity (Wildman–Crippen MR) is 107 cm³/mol. The first-order valence-electron chi connectivity index (χ1n) is 8.86. The van der Waals surface area contributed by atoms with E-state index in [1.807, 2.05) is 0 Å². The molecule has 0 aromatic heterocycles. The quantitative estimate of drug-likeness (QED) is 0.615. The molecule has 0 bridgehead atoms. The summed E-state index contributed by atoms with van der Waals surface area (Å²) in [6, 6.07) is 8.58. The van der Waals surface area contributed by atoms with Crippen molar-refractivity contribution in [3.63, 3.8) is 0 Å². The maximum Gasteiger partial charge on any atom is 0.168 e. The molecule has 1 aliphatic heterocycles. The highest BCUT2D eigenvalue weighted by Crippen LogP contribution is 2.24. The second kappa shape index (κ2) is 9.63. The Morgan fingerprint density at radius 1 is 1.15 bits per heavy atom. The van der Waals surface area contributed by atoms with Gasteiger partial charge in [-0.25, -0.2) is 8.78 Å². The Hall–Kier alpha value is -1.49. The van der Waals surface area contributed by atoms with Crippen LogP contribution in [0.3, 0.4) is 0 Å². The van der Waals surface area contributed by atoms with Crippen LogP contribution in [-0.2, 0) is 12.8 Å². The molecule has 0 N–H and O–H groups in total. The van der Waals surface area contributed by atoms with Gasteiger partial charge in [0.15, 0.2) is 5.78 Å². The van der Waals surface area contributed by atoms with Crippen molar-refractivity contribution in [2.24, 2.45) is 5.92 Å². The molecule has 0 saturated carbocycles. The minimum absolute atomic E-state index is 0. The number of nitrogens with zero attached hydrogens (tertiary/aromatic N) is 1. The van der Waals surface area contributed by atoms with Crippen molar-refractivity contribution >= 4 is 29.8 Å². The van der Waals surface area contributed by atoms with Gasteiger partial charge in [0.05, 0.1) is 5.02 Å². The Bertz CT molecular complexity index is 805. The first kappa shape index (κ1) is 21.8. The molecule has 1 heterocycles. The molecule has 0 spiro atoms. The molecule has 2 nitrogen and oxygen atoms in total. The van der Waals surface area contributed by atoms with Gasteiger partial charge in [-0.1, -0.05) is 23.7 Å². The summed E-state index contributed by atoms with van der Waals surface area (Å²) in [6.07, 6.45) is 2.93. The molecule has 0 atom stereocenters. The van der Waals surface area contributed by atoms with E-state index in [0.717, 1.165) is 37.6 Å². The monoisotopic (exact) mass is 413 g/mol. The van der Waals surface area contributed by atoms with Crippen LogP contribution < -0.4 is 0 Å². The van der Waals surface area contributed by atoms with Gasteiger partial charge in [0.2, 0.25) is 0 Å². The number of Topliss-reactive ketones (excluding diaryl/α,β-unsaturated/α-hetero) is 1. The van der Waals surface area contributed by atoms with Crippen LogP contribution in [0.5, 0.6) is 0 Å². The van der Waals surface area contributed by atoms with Crippen LogP contribution in [0.25, 0.3) is 0 Å². The highest BCUT2D eigenvalue weighted by molar-refractivity contribution is 6.34. The Balaban J connectivity index is 0.00000261. The van der Waals surface area contributed by atoms with Gasteiger partial charge in [-0.05, 0) is 80.7 Å². The average Bonchev–Trinajstić information content (AvgIpc) is 2.59. The van der Waals surface area contributed by atoms with Crippen molar-refractivity contribution in [1.29, 1.82) is 0 Å². The number of piperidine rings is 1. The van der Waals surface area contributed by atoms with Crippen LogP contribution >= 0.6 is 24.0 Å². The molecule has 0 amide bonds. The summed E-state index contributed by atoms with van der Waals surface area (Å²) in [7, 11) is 2.10. The minimum atomic E-state index is -0.478. The van der Waals surface area contributed by atoms with Gasteiger partial charge < -0.3 is 4.90 Å². The first-order chi connectivity index (χ1) is 12.4. The number of likely N-dealkylation sites (tertiary alicyclic amines) is 1. The van der Waals surface area contributed by atoms with E-state index in [4.69, 9.17) is 11.6 Å². The molecule has 0 radical (unpaired) electrons. The van der Waals surface area contributed by atoms with Crippen LogP contribution in [0.2, 0.25) is 5.02 Å². The molecule has 2 aromatic carbocycles. The molecule has 0 unspecified atom stereocenters. The Morgan fingerprint density at radius 3 is 2.52 bits per heavy atom. The third-order valence-corrected chi connectivity index (χ3v) is 5.37. The molecule has 3 rings (SSSR count). The normalized spacial score (nSPS) is 15.4. The Labute approximate surface area is 169 Å². The summed E-state index contributed by atoms with van der Waals surface area (Å²) in [6.45, 7) is 2.07. The lowest BCUT2D eigenvalue weighted by molar-refractivity contribution is 0.0993. The smallest absolute Gasteiger partial charge is 0.168 e. The fourth-order valence-corrected chi connectivity index (χ4v) is 3.74. The lowest BCUT2D eigenvalue weighted by Crippen LogP contribution is -2.31. The highest BCUT2D eigenvalue weighted by atomic mass is 35.5. The predicted octanol–water partition coefficient (Wildman–Crippen LogP) is 5.35. The SMILES string of the molecule is CN1CCC(Cc2cc(CC(=O)c3ccc(F)cc3Cl)ccc2F)CC1.Cl. The van der Waals surface area contributed by atoms with Gasteiger partial charge in [0.25, 0.3) is 0 Å². The van der Waals surface area contributed by atoms with E-state index >= 15 is 0 Å². The summed E-state index contributed by atoms with van der Waals surface area (Å²) in [4.78, 5) is 14.7. The van der Waals surface area contributed by atoms with Crippen LogP contribution in [0.4, 0.5) is 8.78 Å². The zero-order chi connectivity index (χ0) is 18.7. The Morgan fingerprint density at radius 2 is 1.85 bits per heavy atom. The zero-order valence-corrected chi connectivity index (χ0v) is 16.8. The van der Waals surface area contributed by atoms with Gasteiger partial charge >= 0.3 is 0 Å². The second-order valence-corrected chi connectivity index (χ2v) is 7.51. The van der Waals surface area contributed by atoms with Gasteiger partial charge in [0, 0.05) is 12.0 Å². The van der Waals surface area contributed by atoms with Crippen LogP contribution in [-0.4, -0.2) is 30.8 Å². The fourth-order valence-electron chi connectivity index (χ4n) is 3.47. The van der Waals surface area contributed by atoms with Gasteiger partial charge in [-0.3, -0.25) is 4.79 Å². The largest absolute Gasteiger partial charge is 0.306 e. The van der Waals surface area contributed by atoms with E-state index in [1.54, 1.807) is 12.1 Å². The lowest BCUT2D eigenvalue weighted by Gasteiger charge is -2.29. The number of ketones is 1. The summed E-state index contributed by atoms with van der Waals surface area (Å²) < 4.78 is 27.4. The van der Waals surface area contributed by atoms with Crippen molar-refractivity contribution in [2.45, 2.75) is 25.7 Å². The molecular formula is C21H23Cl2F2NO. The number of halogens is 4. The number of benzene rings is 2. The zero-order valence-electron chi connectivity index (χ0n) is 15.2. The van der Waals surface area contributed by atoms with Crippen molar-refractivity contribution in [3.8, 4) is 0 Å². The lowest BCUT2D eigenvalue weighted by atomic mass is 9.89. The van der Waals surface area contributed by atoms with Crippen molar-refractivity contribution < 1.29 is 13.6 Å². The van der Waals surface area contributed by atoms with E-state index in [9.17, 15) is 13.6 Å². The number of carbonyl (C=O) groups is 1. The highest BCUT2D eigenvalue weighted by Gasteiger charge is 2.19. The van der Waals surface area contributed by atoms with E-state index in [2.05, 4.69) is 11.9 Å². The Kier molecular flexibility index (Phi) is 7.78. The molecule has 2 aromatic rings. The van der Waals surface area contributed by atoms with Gasteiger partial charge in [-0.2, -0.15) is 0 Å². The third-order valence-electron chi connectivity index (χ3n) is 5.05. The van der Waals surface area contributed by atoms with Crippen LogP contribution in [0, 0.1) is 17.6 Å². The standard InChI is InChI=1S/C21H22ClF2NO.ClH/c1-25-8-6-14(7-9-25)10-16-11-15(2-5-20(16)24)12-21(26)18-4-3-17(23)13-19(18)22;/h2-5,11,13-14H,6-10,12H2,1H3;1H. The van der Waals surface area contributed by atoms with E-state index in [1.165, 1.54) is 18.2 Å². The summed E-state index contributed by atoms with van der Waals surface area (Å²) in [5.74, 6) is -0.432. The number of hydrogen-bond donors (Lipinski definition) is 0. The molecule has 146 valence electrons. The molecular weight excluding hydrogens is 391 g/mol. The van der Waals surface area contributed by atoms with Crippen LogP contribution in [0.1, 0.15) is 34.3 Å². The van der Waals surface area contributed by atoms with E-state index < -0.39 is 5.82 Å². The number of carbonyl (C=O) groups excluding carboxylic acids is 1. The molecule has 6 heteroatoms. The second-order valence-electron chi connectivity index (χ2n) is 7.10. The number of hydrogen-bond acceptors (Lipinski definition) is 2. The van der Waals surface area contributed by atoms with Gasteiger partial charge in [-0.15, -0.1) is 12.4 Å². The average molecular weight is 414 g/mol. The topological polar surface area (TPSA) is 20.3 Å². The van der Waals surface area contributed by atoms with Crippen molar-refractivity contribution in [1.82, 2.24) is 4.90 Å². The van der Waals surface area contributed by atoms with E-state index in [0.29, 0.717) is 17.9 Å². The minimum Gasteiger partial charge on any atom is -0.306 e. The maximum atomic E-state index is 14.2. The van der Waals surface area contributed by atoms with Crippen LogP contribution in [0.15, 0.2) is 36.4 Å². The van der Waals surface area contributed by atoms with E-state index in [-0.39, 0.29) is 41.0 Å². The maximum absolute atomic E-state index is 14.2. The molecule has 1 fully saturated rings. The number of rotatable bonds is 5. The fraction of sp³-hybridized carbons (Fsp3) is 0.381. The molecule has 1 aliphatic rings.